The van der Waals surface area contributed by atoms with E-state index in [4.69, 9.17) is 9.47 Å². The summed E-state index contributed by atoms with van der Waals surface area (Å²) in [6, 6.07) is 5.24. The normalized spacial score (nSPS) is 10.2. The molecule has 19 heavy (non-hydrogen) atoms. The van der Waals surface area contributed by atoms with E-state index in [0.29, 0.717) is 12.1 Å². The Morgan fingerprint density at radius 3 is 2.89 bits per heavy atom. The van der Waals surface area contributed by atoms with Crippen LogP contribution in [0.4, 0.5) is 0 Å². The summed E-state index contributed by atoms with van der Waals surface area (Å²) in [5, 5.41) is 3.92. The van der Waals surface area contributed by atoms with Crippen LogP contribution in [0.3, 0.4) is 0 Å². The average Bonchev–Trinajstić information content (AvgIpc) is 2.91. The third kappa shape index (κ3) is 3.31. The molecular formula is C13H15N3O3. The summed E-state index contributed by atoms with van der Waals surface area (Å²) in [4.78, 5) is 15.7. The van der Waals surface area contributed by atoms with Crippen LogP contribution < -0.4 is 4.74 Å². The fourth-order valence-electron chi connectivity index (χ4n) is 1.65. The molecule has 0 radical (unpaired) electrons. The van der Waals surface area contributed by atoms with Gasteiger partial charge in [-0.05, 0) is 30.7 Å². The van der Waals surface area contributed by atoms with Crippen LogP contribution in [0.2, 0.25) is 0 Å². The summed E-state index contributed by atoms with van der Waals surface area (Å²) in [6.07, 6.45) is 3.02. The van der Waals surface area contributed by atoms with Gasteiger partial charge in [0.15, 0.2) is 0 Å². The number of hydrogen-bond acceptors (Lipinski definition) is 5. The van der Waals surface area contributed by atoms with E-state index >= 15 is 0 Å². The highest BCUT2D eigenvalue weighted by Crippen LogP contribution is 2.17. The molecule has 0 aliphatic heterocycles. The van der Waals surface area contributed by atoms with Crippen LogP contribution >= 0.6 is 0 Å². The Kier molecular flexibility index (Phi) is 4.12. The van der Waals surface area contributed by atoms with Crippen LogP contribution in [0.5, 0.6) is 5.75 Å². The minimum atomic E-state index is -0.347. The highest BCUT2D eigenvalue weighted by molar-refractivity contribution is 5.91. The van der Waals surface area contributed by atoms with E-state index in [2.05, 4.69) is 10.1 Å². The summed E-state index contributed by atoms with van der Waals surface area (Å²) in [5.74, 6) is 0.372. The quantitative estimate of drug-likeness (QED) is 0.762. The van der Waals surface area contributed by atoms with Gasteiger partial charge in [-0.25, -0.2) is 14.5 Å². The number of aryl methyl sites for hydroxylation is 1. The van der Waals surface area contributed by atoms with Gasteiger partial charge in [0.2, 0.25) is 0 Å². The molecule has 2 aromatic rings. The molecule has 0 saturated heterocycles. The number of ether oxygens (including phenoxy) is 2. The lowest BCUT2D eigenvalue weighted by molar-refractivity contribution is 0.0486. The number of aromatic nitrogens is 3. The fourth-order valence-corrected chi connectivity index (χ4v) is 1.65. The Morgan fingerprint density at radius 1 is 1.42 bits per heavy atom. The number of benzene rings is 1. The van der Waals surface area contributed by atoms with Crippen molar-refractivity contribution in [1.29, 1.82) is 0 Å². The molecule has 0 amide bonds. The van der Waals surface area contributed by atoms with Gasteiger partial charge in [0.25, 0.3) is 0 Å². The van der Waals surface area contributed by atoms with E-state index in [0.717, 1.165) is 11.3 Å². The largest absolute Gasteiger partial charge is 0.497 e. The van der Waals surface area contributed by atoms with E-state index < -0.39 is 0 Å². The van der Waals surface area contributed by atoms with E-state index in [1.165, 1.54) is 6.33 Å². The van der Waals surface area contributed by atoms with Gasteiger partial charge in [0.1, 0.15) is 25.0 Å². The second-order valence-electron chi connectivity index (χ2n) is 3.98. The molecule has 1 aromatic carbocycles. The third-order valence-corrected chi connectivity index (χ3v) is 2.67. The second-order valence-corrected chi connectivity index (χ2v) is 3.98. The molecule has 0 unspecified atom stereocenters. The van der Waals surface area contributed by atoms with Crippen molar-refractivity contribution in [2.45, 2.75) is 13.5 Å². The lowest BCUT2D eigenvalue weighted by Gasteiger charge is -2.08. The summed E-state index contributed by atoms with van der Waals surface area (Å²) < 4.78 is 11.9. The monoisotopic (exact) mass is 261 g/mol. The number of nitrogens with zero attached hydrogens (tertiary/aromatic N) is 3. The zero-order valence-electron chi connectivity index (χ0n) is 10.9. The lowest BCUT2D eigenvalue weighted by Crippen LogP contribution is -2.12. The standard InChI is InChI=1S/C13H15N3O3/c1-10-7-11(18-2)3-4-12(10)13(17)19-6-5-16-9-14-8-15-16/h3-4,7-9H,5-6H2,1-2H3. The van der Waals surface area contributed by atoms with Gasteiger partial charge < -0.3 is 9.47 Å². The maximum Gasteiger partial charge on any atom is 0.338 e. The summed E-state index contributed by atoms with van der Waals surface area (Å²) in [5.41, 5.74) is 1.37. The van der Waals surface area contributed by atoms with Gasteiger partial charge in [0, 0.05) is 0 Å². The Hall–Kier alpha value is -2.37. The van der Waals surface area contributed by atoms with Crippen LogP contribution in [-0.4, -0.2) is 34.5 Å². The van der Waals surface area contributed by atoms with Gasteiger partial charge >= 0.3 is 5.97 Å². The first-order chi connectivity index (χ1) is 9.20. The SMILES string of the molecule is COc1ccc(C(=O)OCCn2cncn2)c(C)c1. The Morgan fingerprint density at radius 2 is 2.26 bits per heavy atom. The first-order valence-electron chi connectivity index (χ1n) is 5.85. The van der Waals surface area contributed by atoms with Crippen molar-refractivity contribution >= 4 is 5.97 Å². The Labute approximate surface area is 111 Å². The number of methoxy groups -OCH3 is 1. The zero-order valence-corrected chi connectivity index (χ0v) is 10.9. The van der Waals surface area contributed by atoms with Crippen molar-refractivity contribution < 1.29 is 14.3 Å². The topological polar surface area (TPSA) is 66.2 Å². The first kappa shape index (κ1) is 13.1. The first-order valence-corrected chi connectivity index (χ1v) is 5.85. The number of rotatable bonds is 5. The van der Waals surface area contributed by atoms with Crippen molar-refractivity contribution in [2.24, 2.45) is 0 Å². The van der Waals surface area contributed by atoms with Crippen LogP contribution in [0.25, 0.3) is 0 Å². The van der Waals surface area contributed by atoms with Crippen molar-refractivity contribution in [3.63, 3.8) is 0 Å². The lowest BCUT2D eigenvalue weighted by atomic mass is 10.1. The molecule has 0 bridgehead atoms. The molecule has 2 rings (SSSR count). The van der Waals surface area contributed by atoms with Crippen molar-refractivity contribution in [3.8, 4) is 5.75 Å². The van der Waals surface area contributed by atoms with E-state index in [9.17, 15) is 4.79 Å². The van der Waals surface area contributed by atoms with Gasteiger partial charge in [-0.2, -0.15) is 5.10 Å². The molecule has 100 valence electrons. The number of carbonyl (C=O) groups excluding carboxylic acids is 1. The molecule has 1 aromatic heterocycles. The molecule has 6 heteroatoms. The van der Waals surface area contributed by atoms with Gasteiger partial charge in [-0.1, -0.05) is 0 Å². The molecule has 6 nitrogen and oxygen atoms in total. The Balaban J connectivity index is 1.92. The average molecular weight is 261 g/mol. The predicted molar refractivity (Wildman–Crippen MR) is 68.0 cm³/mol. The molecule has 0 saturated carbocycles. The van der Waals surface area contributed by atoms with Crippen LogP contribution in [0, 0.1) is 6.92 Å². The minimum absolute atomic E-state index is 0.258. The van der Waals surface area contributed by atoms with Gasteiger partial charge in [0.05, 0.1) is 19.2 Å². The number of esters is 1. The fraction of sp³-hybridized carbons (Fsp3) is 0.308. The van der Waals surface area contributed by atoms with Crippen LogP contribution in [0.15, 0.2) is 30.9 Å². The molecule has 0 aliphatic rings. The Bertz CT molecular complexity index is 552. The summed E-state index contributed by atoms with van der Waals surface area (Å²) in [7, 11) is 1.59. The van der Waals surface area contributed by atoms with Crippen molar-refractivity contribution in [2.75, 3.05) is 13.7 Å². The van der Waals surface area contributed by atoms with Crippen molar-refractivity contribution in [3.05, 3.63) is 42.0 Å². The predicted octanol–water partition coefficient (Wildman–Crippen LogP) is 1.45. The van der Waals surface area contributed by atoms with E-state index in [1.54, 1.807) is 36.3 Å². The molecule has 0 aliphatic carbocycles. The number of carbonyl (C=O) groups is 1. The zero-order chi connectivity index (χ0) is 13.7. The minimum Gasteiger partial charge on any atom is -0.497 e. The maximum atomic E-state index is 11.9. The molecule has 1 heterocycles. The smallest absolute Gasteiger partial charge is 0.338 e. The molecule has 0 atom stereocenters. The molecule has 0 fully saturated rings. The van der Waals surface area contributed by atoms with Gasteiger partial charge in [-0.3, -0.25) is 0 Å². The maximum absolute atomic E-state index is 11.9. The van der Waals surface area contributed by atoms with Crippen LogP contribution in [0.1, 0.15) is 15.9 Å². The summed E-state index contributed by atoms with van der Waals surface area (Å²) in [6.45, 7) is 2.59. The highest BCUT2D eigenvalue weighted by atomic mass is 16.5. The van der Waals surface area contributed by atoms with E-state index in [-0.39, 0.29) is 12.6 Å². The van der Waals surface area contributed by atoms with Gasteiger partial charge in [-0.15, -0.1) is 0 Å². The number of hydrogen-bond donors (Lipinski definition) is 0. The third-order valence-electron chi connectivity index (χ3n) is 2.67. The molecule has 0 spiro atoms. The second kappa shape index (κ2) is 5.99. The molecule has 0 N–H and O–H groups in total. The van der Waals surface area contributed by atoms with Crippen LogP contribution in [-0.2, 0) is 11.3 Å². The highest BCUT2D eigenvalue weighted by Gasteiger charge is 2.11. The summed E-state index contributed by atoms with van der Waals surface area (Å²) >= 11 is 0. The van der Waals surface area contributed by atoms with Crippen molar-refractivity contribution in [1.82, 2.24) is 14.8 Å². The van der Waals surface area contributed by atoms with E-state index in [1.807, 2.05) is 6.92 Å². The molecular weight excluding hydrogens is 246 g/mol.